The van der Waals surface area contributed by atoms with Gasteiger partial charge in [-0.2, -0.15) is 5.10 Å². The molecule has 0 unspecified atom stereocenters. The molecule has 0 aliphatic rings. The Hall–Kier alpha value is -3.83. The Bertz CT molecular complexity index is 1120. The summed E-state index contributed by atoms with van der Waals surface area (Å²) in [5.74, 6) is -1.45. The van der Waals surface area contributed by atoms with Crippen molar-refractivity contribution in [3.05, 3.63) is 53.7 Å². The molecule has 11 heteroatoms. The zero-order valence-electron chi connectivity index (χ0n) is 17.9. The van der Waals surface area contributed by atoms with Gasteiger partial charge in [0, 0.05) is 5.56 Å². The predicted octanol–water partition coefficient (Wildman–Crippen LogP) is 0.809. The van der Waals surface area contributed by atoms with Gasteiger partial charge < -0.3 is 29.0 Å². The number of hydrogen-bond acceptors (Lipinski definition) is 9. The van der Waals surface area contributed by atoms with E-state index in [1.807, 2.05) is 0 Å². The quantitative estimate of drug-likeness (QED) is 0.405. The van der Waals surface area contributed by atoms with Crippen LogP contribution in [0, 0.1) is 0 Å². The summed E-state index contributed by atoms with van der Waals surface area (Å²) in [6.07, 6.45) is 0. The van der Waals surface area contributed by atoms with Gasteiger partial charge in [-0.1, -0.05) is 18.2 Å². The van der Waals surface area contributed by atoms with Crippen molar-refractivity contribution in [3.63, 3.8) is 0 Å². The van der Waals surface area contributed by atoms with E-state index >= 15 is 0 Å². The molecule has 0 spiro atoms. The third kappa shape index (κ3) is 4.03. The SMILES string of the molecule is COC(=O)c1c(-c2cc(OC)c(B(O)O)c(OC)c2)nn(-c2ccccc2)c1C(=O)OC. The van der Waals surface area contributed by atoms with Gasteiger partial charge in [0.25, 0.3) is 0 Å². The van der Waals surface area contributed by atoms with Crippen molar-refractivity contribution in [3.8, 4) is 28.4 Å². The first-order valence-corrected chi connectivity index (χ1v) is 9.35. The molecule has 32 heavy (non-hydrogen) atoms. The minimum atomic E-state index is -1.87. The normalized spacial score (nSPS) is 10.4. The number of carbonyl (C=O) groups excluding carboxylic acids is 2. The largest absolute Gasteiger partial charge is 0.497 e. The molecule has 0 bridgehead atoms. The molecular weight excluding hydrogens is 419 g/mol. The first kappa shape index (κ1) is 22.9. The van der Waals surface area contributed by atoms with Gasteiger partial charge in [-0.15, -0.1) is 0 Å². The molecule has 2 N–H and O–H groups in total. The molecular formula is C21H21BN2O8. The number of ether oxygens (including phenoxy) is 4. The molecule has 1 aromatic heterocycles. The van der Waals surface area contributed by atoms with Crippen LogP contribution in [0.2, 0.25) is 0 Å². The molecule has 1 heterocycles. The zero-order chi connectivity index (χ0) is 23.4. The van der Waals surface area contributed by atoms with E-state index in [0.29, 0.717) is 11.3 Å². The number of benzene rings is 2. The van der Waals surface area contributed by atoms with Crippen molar-refractivity contribution in [2.45, 2.75) is 0 Å². The molecule has 166 valence electrons. The van der Waals surface area contributed by atoms with Crippen molar-refractivity contribution in [2.24, 2.45) is 0 Å². The smallest absolute Gasteiger partial charge is 0.496 e. The molecule has 0 saturated heterocycles. The topological polar surface area (TPSA) is 129 Å². The minimum absolute atomic E-state index is 0.00551. The Kier molecular flexibility index (Phi) is 6.81. The van der Waals surface area contributed by atoms with Gasteiger partial charge in [0.15, 0.2) is 5.69 Å². The molecule has 0 fully saturated rings. The van der Waals surface area contributed by atoms with Crippen molar-refractivity contribution in [2.75, 3.05) is 28.4 Å². The van der Waals surface area contributed by atoms with Crippen LogP contribution in [-0.4, -0.2) is 67.3 Å². The van der Waals surface area contributed by atoms with Gasteiger partial charge in [-0.05, 0) is 24.3 Å². The van der Waals surface area contributed by atoms with E-state index in [1.165, 1.54) is 45.3 Å². The number of hydrogen-bond donors (Lipinski definition) is 2. The summed E-state index contributed by atoms with van der Waals surface area (Å²) >= 11 is 0. The maximum atomic E-state index is 12.8. The lowest BCUT2D eigenvalue weighted by Gasteiger charge is -2.14. The second-order valence-corrected chi connectivity index (χ2v) is 6.47. The molecule has 3 rings (SSSR count). The standard InChI is InChI=1S/C21H21BN2O8/c1-29-14-10-12(11-15(30-2)17(14)22(27)28)18-16(20(25)31-3)19(21(26)32-4)24(23-18)13-8-6-5-7-9-13/h5-11,27-28H,1-4H3. The summed E-state index contributed by atoms with van der Waals surface area (Å²) < 4.78 is 21.7. The van der Waals surface area contributed by atoms with Crippen LogP contribution in [0.15, 0.2) is 42.5 Å². The number of para-hydroxylation sites is 1. The third-order valence-electron chi connectivity index (χ3n) is 4.73. The fraction of sp³-hybridized carbons (Fsp3) is 0.190. The molecule has 0 aliphatic carbocycles. The van der Waals surface area contributed by atoms with Gasteiger partial charge in [0.05, 0.1) is 39.6 Å². The second-order valence-electron chi connectivity index (χ2n) is 6.47. The average molecular weight is 440 g/mol. The van der Waals surface area contributed by atoms with Gasteiger partial charge in [0.2, 0.25) is 0 Å². The van der Waals surface area contributed by atoms with Crippen molar-refractivity contribution in [1.29, 1.82) is 0 Å². The number of methoxy groups -OCH3 is 4. The number of aromatic nitrogens is 2. The molecule has 0 amide bonds. The van der Waals surface area contributed by atoms with Crippen molar-refractivity contribution >= 4 is 24.5 Å². The fourth-order valence-corrected chi connectivity index (χ4v) is 3.29. The van der Waals surface area contributed by atoms with E-state index < -0.39 is 19.1 Å². The molecule has 0 radical (unpaired) electrons. The average Bonchev–Trinajstić information content (AvgIpc) is 3.23. The van der Waals surface area contributed by atoms with E-state index in [0.717, 1.165) is 0 Å². The van der Waals surface area contributed by atoms with Crippen LogP contribution in [0.4, 0.5) is 0 Å². The molecule has 0 saturated carbocycles. The first-order valence-electron chi connectivity index (χ1n) is 9.35. The van der Waals surface area contributed by atoms with Gasteiger partial charge >= 0.3 is 19.1 Å². The molecule has 0 aliphatic heterocycles. The Labute approximate surface area is 184 Å². The Morgan fingerprint density at radius 2 is 1.47 bits per heavy atom. The predicted molar refractivity (Wildman–Crippen MR) is 115 cm³/mol. The highest BCUT2D eigenvalue weighted by Crippen LogP contribution is 2.33. The van der Waals surface area contributed by atoms with Crippen LogP contribution in [0.5, 0.6) is 11.5 Å². The highest BCUT2D eigenvalue weighted by atomic mass is 16.5. The summed E-state index contributed by atoms with van der Waals surface area (Å²) in [7, 11) is 3.18. The Balaban J connectivity index is 2.40. The van der Waals surface area contributed by atoms with Gasteiger partial charge in [0.1, 0.15) is 22.8 Å². The summed E-state index contributed by atoms with van der Waals surface area (Å²) in [6.45, 7) is 0. The third-order valence-corrected chi connectivity index (χ3v) is 4.73. The number of carbonyl (C=O) groups is 2. The van der Waals surface area contributed by atoms with Gasteiger partial charge in [-0.3, -0.25) is 0 Å². The Morgan fingerprint density at radius 3 is 1.94 bits per heavy atom. The van der Waals surface area contributed by atoms with Crippen molar-refractivity contribution in [1.82, 2.24) is 9.78 Å². The number of rotatable bonds is 7. The lowest BCUT2D eigenvalue weighted by Crippen LogP contribution is -2.32. The highest BCUT2D eigenvalue weighted by Gasteiger charge is 2.33. The summed E-state index contributed by atoms with van der Waals surface area (Å²) in [5, 5.41) is 24.0. The van der Waals surface area contributed by atoms with Crippen LogP contribution >= 0.6 is 0 Å². The van der Waals surface area contributed by atoms with Crippen LogP contribution in [0.1, 0.15) is 20.8 Å². The number of nitrogens with zero attached hydrogens (tertiary/aromatic N) is 2. The van der Waals surface area contributed by atoms with Crippen LogP contribution < -0.4 is 14.9 Å². The van der Waals surface area contributed by atoms with E-state index in [4.69, 9.17) is 18.9 Å². The Morgan fingerprint density at radius 1 is 0.906 bits per heavy atom. The van der Waals surface area contributed by atoms with E-state index in [-0.39, 0.29) is 33.9 Å². The van der Waals surface area contributed by atoms with Crippen molar-refractivity contribution < 1.29 is 38.6 Å². The van der Waals surface area contributed by atoms with E-state index in [2.05, 4.69) is 5.10 Å². The molecule has 10 nitrogen and oxygen atoms in total. The minimum Gasteiger partial charge on any atom is -0.497 e. The van der Waals surface area contributed by atoms with E-state index in [1.54, 1.807) is 30.3 Å². The van der Waals surface area contributed by atoms with E-state index in [9.17, 15) is 19.6 Å². The summed E-state index contributed by atoms with van der Waals surface area (Å²) in [5.41, 5.74) is 0.620. The lowest BCUT2D eigenvalue weighted by atomic mass is 9.78. The number of esters is 2. The molecule has 0 atom stereocenters. The maximum Gasteiger partial charge on any atom is 0.496 e. The zero-order valence-corrected chi connectivity index (χ0v) is 17.9. The summed E-state index contributed by atoms with van der Waals surface area (Å²) in [4.78, 5) is 25.4. The highest BCUT2D eigenvalue weighted by molar-refractivity contribution is 6.61. The molecule has 2 aromatic carbocycles. The molecule has 3 aromatic rings. The van der Waals surface area contributed by atoms with Crippen LogP contribution in [-0.2, 0) is 9.47 Å². The van der Waals surface area contributed by atoms with Crippen LogP contribution in [0.3, 0.4) is 0 Å². The van der Waals surface area contributed by atoms with Crippen LogP contribution in [0.25, 0.3) is 16.9 Å². The van der Waals surface area contributed by atoms with Gasteiger partial charge in [-0.25, -0.2) is 14.3 Å². The second kappa shape index (κ2) is 9.54. The maximum absolute atomic E-state index is 12.8. The summed E-state index contributed by atoms with van der Waals surface area (Å²) in [6, 6.07) is 11.6. The lowest BCUT2D eigenvalue weighted by molar-refractivity contribution is 0.0549. The fourth-order valence-electron chi connectivity index (χ4n) is 3.29. The first-order chi connectivity index (χ1) is 15.4. The monoisotopic (exact) mass is 440 g/mol.